The van der Waals surface area contributed by atoms with Gasteiger partial charge in [-0.15, -0.1) is 0 Å². The molecule has 2 heterocycles. The van der Waals surface area contributed by atoms with E-state index in [2.05, 4.69) is 15.2 Å². The highest BCUT2D eigenvalue weighted by Gasteiger charge is 2.27. The van der Waals surface area contributed by atoms with E-state index < -0.39 is 0 Å². The van der Waals surface area contributed by atoms with Crippen LogP contribution >= 0.6 is 0 Å². The number of imidazole rings is 1. The lowest BCUT2D eigenvalue weighted by atomic mass is 10.0. The van der Waals surface area contributed by atoms with Crippen LogP contribution in [0.15, 0.2) is 24.7 Å². The standard InChI is InChI=1S/C21H29N5O4/c1-24(2)15-7-6-8-26(12-15)21(28)14-9-16(19(30-5)18(10-14)29-4)23-20(27)17-11-22-13-25(17)3/h9-11,13,15H,6-8,12H2,1-5H3,(H,23,27). The minimum Gasteiger partial charge on any atom is -0.493 e. The molecule has 9 heteroatoms. The van der Waals surface area contributed by atoms with Gasteiger partial charge in [0.25, 0.3) is 11.8 Å². The molecule has 0 bridgehead atoms. The number of methoxy groups -OCH3 is 2. The number of anilines is 1. The lowest BCUT2D eigenvalue weighted by molar-refractivity contribution is 0.0634. The number of carbonyl (C=O) groups is 2. The molecule has 1 aliphatic heterocycles. The number of nitrogens with one attached hydrogen (secondary N) is 1. The Hall–Kier alpha value is -3.07. The van der Waals surface area contributed by atoms with Gasteiger partial charge in [0.05, 0.1) is 32.4 Å². The number of aromatic nitrogens is 2. The molecule has 1 aromatic heterocycles. The molecule has 1 aliphatic rings. The highest BCUT2D eigenvalue weighted by molar-refractivity contribution is 6.05. The maximum absolute atomic E-state index is 13.2. The molecule has 1 saturated heterocycles. The van der Waals surface area contributed by atoms with Gasteiger partial charge in [-0.1, -0.05) is 0 Å². The molecule has 0 aliphatic carbocycles. The van der Waals surface area contributed by atoms with E-state index in [9.17, 15) is 9.59 Å². The molecule has 2 aromatic rings. The van der Waals surface area contributed by atoms with Gasteiger partial charge in [0.2, 0.25) is 0 Å². The van der Waals surface area contributed by atoms with Gasteiger partial charge in [0, 0.05) is 31.7 Å². The van der Waals surface area contributed by atoms with E-state index >= 15 is 0 Å². The van der Waals surface area contributed by atoms with Crippen LogP contribution in [-0.4, -0.2) is 78.6 Å². The average molecular weight is 415 g/mol. The molecule has 1 unspecified atom stereocenters. The van der Waals surface area contributed by atoms with Gasteiger partial charge in [0.15, 0.2) is 11.5 Å². The van der Waals surface area contributed by atoms with Crippen LogP contribution in [0.5, 0.6) is 11.5 Å². The third kappa shape index (κ3) is 4.40. The Bertz CT molecular complexity index is 924. The van der Waals surface area contributed by atoms with Gasteiger partial charge >= 0.3 is 0 Å². The first kappa shape index (κ1) is 21.6. The number of nitrogens with zero attached hydrogens (tertiary/aromatic N) is 4. The Labute approximate surface area is 176 Å². The zero-order valence-electron chi connectivity index (χ0n) is 18.1. The van der Waals surface area contributed by atoms with E-state index in [4.69, 9.17) is 9.47 Å². The lowest BCUT2D eigenvalue weighted by Gasteiger charge is -2.36. The Morgan fingerprint density at radius 2 is 2.00 bits per heavy atom. The Balaban J connectivity index is 1.92. The van der Waals surface area contributed by atoms with Gasteiger partial charge in [-0.3, -0.25) is 9.59 Å². The number of likely N-dealkylation sites (tertiary alicyclic amines) is 1. The van der Waals surface area contributed by atoms with Crippen molar-refractivity contribution in [3.05, 3.63) is 35.9 Å². The van der Waals surface area contributed by atoms with Crippen LogP contribution in [0.1, 0.15) is 33.7 Å². The first-order chi connectivity index (χ1) is 14.3. The van der Waals surface area contributed by atoms with Crippen molar-refractivity contribution in [2.24, 2.45) is 7.05 Å². The van der Waals surface area contributed by atoms with Gasteiger partial charge in [-0.2, -0.15) is 0 Å². The van der Waals surface area contributed by atoms with Crippen molar-refractivity contribution in [2.75, 3.05) is 46.7 Å². The molecule has 0 spiro atoms. The number of piperidine rings is 1. The monoisotopic (exact) mass is 415 g/mol. The predicted octanol–water partition coefficient (Wildman–Crippen LogP) is 1.86. The van der Waals surface area contributed by atoms with Crippen LogP contribution in [0.25, 0.3) is 0 Å². The zero-order chi connectivity index (χ0) is 21.8. The van der Waals surface area contributed by atoms with Crippen LogP contribution in [0, 0.1) is 0 Å². The molecule has 1 aromatic carbocycles. The molecule has 1 atom stereocenters. The number of benzene rings is 1. The van der Waals surface area contributed by atoms with Gasteiger partial charge in [-0.05, 0) is 39.1 Å². The second-order valence-corrected chi connectivity index (χ2v) is 7.61. The van der Waals surface area contributed by atoms with Crippen molar-refractivity contribution < 1.29 is 19.1 Å². The SMILES string of the molecule is COc1cc(C(=O)N2CCCC(N(C)C)C2)cc(NC(=O)c2cncn2C)c1OC. The topological polar surface area (TPSA) is 88.9 Å². The Kier molecular flexibility index (Phi) is 6.61. The molecule has 9 nitrogen and oxygen atoms in total. The number of rotatable bonds is 6. The Morgan fingerprint density at radius 1 is 1.23 bits per heavy atom. The fourth-order valence-corrected chi connectivity index (χ4v) is 3.69. The van der Waals surface area contributed by atoms with E-state index in [0.717, 1.165) is 12.8 Å². The van der Waals surface area contributed by atoms with E-state index in [1.54, 1.807) is 30.1 Å². The van der Waals surface area contributed by atoms with Gasteiger partial charge in [-0.25, -0.2) is 4.98 Å². The summed E-state index contributed by atoms with van der Waals surface area (Å²) < 4.78 is 12.5. The number of likely N-dealkylation sites (N-methyl/N-ethyl adjacent to an activating group) is 1. The minimum atomic E-state index is -0.356. The predicted molar refractivity (Wildman–Crippen MR) is 113 cm³/mol. The van der Waals surface area contributed by atoms with Crippen LogP contribution in [0.4, 0.5) is 5.69 Å². The maximum Gasteiger partial charge on any atom is 0.274 e. The zero-order valence-corrected chi connectivity index (χ0v) is 18.1. The maximum atomic E-state index is 13.2. The summed E-state index contributed by atoms with van der Waals surface area (Å²) in [6.07, 6.45) is 5.04. The summed E-state index contributed by atoms with van der Waals surface area (Å²) in [6.45, 7) is 1.37. The van der Waals surface area contributed by atoms with Crippen molar-refractivity contribution in [1.82, 2.24) is 19.4 Å². The molecule has 1 fully saturated rings. The van der Waals surface area contributed by atoms with E-state index in [1.165, 1.54) is 20.4 Å². The van der Waals surface area contributed by atoms with Crippen molar-refractivity contribution in [3.8, 4) is 11.5 Å². The second-order valence-electron chi connectivity index (χ2n) is 7.61. The van der Waals surface area contributed by atoms with Crippen molar-refractivity contribution in [2.45, 2.75) is 18.9 Å². The molecule has 3 rings (SSSR count). The fourth-order valence-electron chi connectivity index (χ4n) is 3.69. The van der Waals surface area contributed by atoms with Crippen LogP contribution in [0.3, 0.4) is 0 Å². The second kappa shape index (κ2) is 9.17. The lowest BCUT2D eigenvalue weighted by Crippen LogP contribution is -2.47. The largest absolute Gasteiger partial charge is 0.493 e. The summed E-state index contributed by atoms with van der Waals surface area (Å²) in [4.78, 5) is 33.9. The third-order valence-electron chi connectivity index (χ3n) is 5.44. The quantitative estimate of drug-likeness (QED) is 0.775. The molecular weight excluding hydrogens is 386 g/mol. The van der Waals surface area contributed by atoms with Crippen molar-refractivity contribution in [3.63, 3.8) is 0 Å². The summed E-state index contributed by atoms with van der Waals surface area (Å²) in [5, 5.41) is 2.82. The van der Waals surface area contributed by atoms with Crippen molar-refractivity contribution in [1.29, 1.82) is 0 Å². The minimum absolute atomic E-state index is 0.0986. The summed E-state index contributed by atoms with van der Waals surface area (Å²) >= 11 is 0. The van der Waals surface area contributed by atoms with Crippen LogP contribution in [0.2, 0.25) is 0 Å². The average Bonchev–Trinajstić information content (AvgIpc) is 3.18. The number of carbonyl (C=O) groups excluding carboxylic acids is 2. The van der Waals surface area contributed by atoms with Gasteiger partial charge < -0.3 is 29.2 Å². The summed E-state index contributed by atoms with van der Waals surface area (Å²) in [5.41, 5.74) is 1.19. The van der Waals surface area contributed by atoms with Crippen molar-refractivity contribution >= 4 is 17.5 Å². The van der Waals surface area contributed by atoms with Crippen LogP contribution < -0.4 is 14.8 Å². The first-order valence-electron chi connectivity index (χ1n) is 9.85. The highest BCUT2D eigenvalue weighted by Crippen LogP contribution is 2.37. The van der Waals surface area contributed by atoms with E-state index in [0.29, 0.717) is 47.6 Å². The first-order valence-corrected chi connectivity index (χ1v) is 9.85. The fraction of sp³-hybridized carbons (Fsp3) is 0.476. The van der Waals surface area contributed by atoms with Gasteiger partial charge in [0.1, 0.15) is 5.69 Å². The van der Waals surface area contributed by atoms with E-state index in [-0.39, 0.29) is 11.8 Å². The molecule has 1 N–H and O–H groups in total. The number of hydrogen-bond donors (Lipinski definition) is 1. The smallest absolute Gasteiger partial charge is 0.274 e. The highest BCUT2D eigenvalue weighted by atomic mass is 16.5. The normalized spacial score (nSPS) is 16.5. The number of amides is 2. The number of ether oxygens (including phenoxy) is 2. The Morgan fingerprint density at radius 3 is 2.60 bits per heavy atom. The molecule has 0 saturated carbocycles. The molecular formula is C21H29N5O4. The molecule has 0 radical (unpaired) electrons. The number of aryl methyl sites for hydroxylation is 1. The third-order valence-corrected chi connectivity index (χ3v) is 5.44. The summed E-state index contributed by atoms with van der Waals surface area (Å²) in [6, 6.07) is 3.61. The number of hydrogen-bond acceptors (Lipinski definition) is 6. The summed E-state index contributed by atoms with van der Waals surface area (Å²) in [5.74, 6) is 0.281. The summed E-state index contributed by atoms with van der Waals surface area (Å²) in [7, 11) is 8.78. The molecule has 162 valence electrons. The van der Waals surface area contributed by atoms with E-state index in [1.807, 2.05) is 19.0 Å². The van der Waals surface area contributed by atoms with Crippen LogP contribution in [-0.2, 0) is 7.05 Å². The molecule has 2 amide bonds. The molecule has 30 heavy (non-hydrogen) atoms.